The van der Waals surface area contributed by atoms with Crippen LogP contribution in [0.4, 0.5) is 5.69 Å². The first-order valence-electron chi connectivity index (χ1n) is 10.3. The number of carbonyl (C=O) groups excluding carboxylic acids is 1. The molecule has 2 heterocycles. The van der Waals surface area contributed by atoms with Gasteiger partial charge in [0.15, 0.2) is 5.78 Å². The average Bonchev–Trinajstić information content (AvgIpc) is 3.23. The number of aromatic nitrogens is 2. The molecule has 5 heteroatoms. The predicted octanol–water partition coefficient (Wildman–Crippen LogP) is 6.08. The van der Waals surface area contributed by atoms with Crippen LogP contribution in [-0.2, 0) is 0 Å². The highest BCUT2D eigenvalue weighted by Gasteiger charge is 2.35. The van der Waals surface area contributed by atoms with Crippen molar-refractivity contribution < 1.29 is 9.32 Å². The van der Waals surface area contributed by atoms with E-state index in [1.54, 1.807) is 0 Å². The average molecular weight is 389 g/mol. The number of carbonyl (C=O) groups is 1. The fraction of sp³-hybridized carbons (Fsp3) is 0.375. The number of rotatable bonds is 5. The van der Waals surface area contributed by atoms with Gasteiger partial charge in [0.05, 0.1) is 0 Å². The van der Waals surface area contributed by atoms with Crippen molar-refractivity contribution in [1.29, 1.82) is 0 Å². The monoisotopic (exact) mass is 389 g/mol. The van der Waals surface area contributed by atoms with Gasteiger partial charge in [0.2, 0.25) is 5.82 Å². The van der Waals surface area contributed by atoms with Crippen molar-refractivity contribution >= 4 is 11.5 Å². The number of Topliss-reactive ketones (excluding diaryl/α,β-unsaturated/α-hetero) is 1. The van der Waals surface area contributed by atoms with Crippen molar-refractivity contribution in [3.8, 4) is 22.8 Å². The van der Waals surface area contributed by atoms with Crippen molar-refractivity contribution in [2.75, 3.05) is 5.32 Å². The summed E-state index contributed by atoms with van der Waals surface area (Å²) < 4.78 is 5.50. The maximum Gasteiger partial charge on any atom is 0.258 e. The summed E-state index contributed by atoms with van der Waals surface area (Å²) in [6.07, 6.45) is 2.34. The number of fused-ring (bicyclic) bond motifs is 1. The van der Waals surface area contributed by atoms with Crippen molar-refractivity contribution in [3.63, 3.8) is 0 Å². The summed E-state index contributed by atoms with van der Waals surface area (Å²) in [6.45, 7) is 8.57. The Morgan fingerprint density at radius 3 is 2.41 bits per heavy atom. The van der Waals surface area contributed by atoms with Crippen LogP contribution in [0.1, 0.15) is 68.8 Å². The molecular formula is C24H27N3O2. The summed E-state index contributed by atoms with van der Waals surface area (Å²) >= 11 is 0. The molecule has 0 unspecified atom stereocenters. The zero-order valence-corrected chi connectivity index (χ0v) is 17.5. The highest BCUT2D eigenvalue weighted by molar-refractivity contribution is 6.05. The smallest absolute Gasteiger partial charge is 0.258 e. The lowest BCUT2D eigenvalue weighted by Crippen LogP contribution is -2.43. The fourth-order valence-electron chi connectivity index (χ4n) is 3.90. The van der Waals surface area contributed by atoms with Gasteiger partial charge >= 0.3 is 0 Å². The molecule has 2 aromatic carbocycles. The molecule has 1 aliphatic heterocycles. The largest absolute Gasteiger partial charge is 0.379 e. The second-order valence-corrected chi connectivity index (χ2v) is 8.17. The molecule has 4 rings (SSSR count). The quantitative estimate of drug-likeness (QED) is 0.572. The van der Waals surface area contributed by atoms with Gasteiger partial charge in [-0.1, -0.05) is 57.1 Å². The van der Waals surface area contributed by atoms with E-state index in [1.807, 2.05) is 30.3 Å². The topological polar surface area (TPSA) is 68.0 Å². The Kier molecular flexibility index (Phi) is 4.99. The highest BCUT2D eigenvalue weighted by atomic mass is 16.5. The number of hydrogen-bond donors (Lipinski definition) is 1. The van der Waals surface area contributed by atoms with E-state index in [-0.39, 0.29) is 11.3 Å². The Balaban J connectivity index is 1.62. The fourth-order valence-corrected chi connectivity index (χ4v) is 3.90. The van der Waals surface area contributed by atoms with E-state index in [9.17, 15) is 4.79 Å². The molecule has 0 fully saturated rings. The maximum atomic E-state index is 12.8. The van der Waals surface area contributed by atoms with Gasteiger partial charge in [0, 0.05) is 34.3 Å². The Morgan fingerprint density at radius 2 is 1.76 bits per heavy atom. The molecule has 0 spiro atoms. The Morgan fingerprint density at radius 1 is 1.07 bits per heavy atom. The Labute approximate surface area is 171 Å². The van der Waals surface area contributed by atoms with E-state index in [4.69, 9.17) is 4.52 Å². The minimum absolute atomic E-state index is 0.147. The maximum absolute atomic E-state index is 12.8. The van der Waals surface area contributed by atoms with E-state index < -0.39 is 0 Å². The Bertz CT molecular complexity index is 1030. The molecule has 0 atom stereocenters. The molecule has 0 saturated heterocycles. The first kappa shape index (κ1) is 19.4. The lowest BCUT2D eigenvalue weighted by molar-refractivity contribution is 0.0946. The van der Waals surface area contributed by atoms with Crippen molar-refractivity contribution in [2.45, 2.75) is 58.4 Å². The van der Waals surface area contributed by atoms with Gasteiger partial charge in [0.1, 0.15) is 0 Å². The van der Waals surface area contributed by atoms with Crippen LogP contribution in [-0.4, -0.2) is 21.5 Å². The lowest BCUT2D eigenvalue weighted by atomic mass is 9.81. The number of benzene rings is 2. The van der Waals surface area contributed by atoms with Gasteiger partial charge in [-0.3, -0.25) is 4.79 Å². The number of hydrogen-bond acceptors (Lipinski definition) is 5. The van der Waals surface area contributed by atoms with Crippen LogP contribution in [0.2, 0.25) is 0 Å². The van der Waals surface area contributed by atoms with Crippen LogP contribution in [0, 0.1) is 0 Å². The van der Waals surface area contributed by atoms with Crippen LogP contribution >= 0.6 is 0 Å². The minimum Gasteiger partial charge on any atom is -0.379 e. The van der Waals surface area contributed by atoms with Gasteiger partial charge in [-0.15, -0.1) is 0 Å². The van der Waals surface area contributed by atoms with Gasteiger partial charge in [-0.2, -0.15) is 4.98 Å². The highest BCUT2D eigenvalue weighted by Crippen LogP contribution is 2.37. The van der Waals surface area contributed by atoms with E-state index in [0.717, 1.165) is 29.7 Å². The Hall–Kier alpha value is -2.95. The molecule has 1 N–H and O–H groups in total. The zero-order chi connectivity index (χ0) is 20.6. The van der Waals surface area contributed by atoms with Gasteiger partial charge in [-0.25, -0.2) is 0 Å². The predicted molar refractivity (Wildman–Crippen MR) is 115 cm³/mol. The molecule has 29 heavy (non-hydrogen) atoms. The van der Waals surface area contributed by atoms with Crippen molar-refractivity contribution in [3.05, 3.63) is 53.6 Å². The van der Waals surface area contributed by atoms with E-state index in [1.165, 1.54) is 5.56 Å². The molecule has 0 radical (unpaired) electrons. The second-order valence-electron chi connectivity index (χ2n) is 8.17. The molecule has 5 nitrogen and oxygen atoms in total. The summed E-state index contributed by atoms with van der Waals surface area (Å²) in [4.78, 5) is 17.4. The van der Waals surface area contributed by atoms with E-state index >= 15 is 0 Å². The molecular weight excluding hydrogens is 362 g/mol. The summed E-state index contributed by atoms with van der Waals surface area (Å²) in [7, 11) is 0. The summed E-state index contributed by atoms with van der Waals surface area (Å²) in [6, 6.07) is 13.9. The molecule has 1 aromatic heterocycles. The molecule has 0 amide bonds. The third-order valence-electron chi connectivity index (χ3n) is 6.08. The summed E-state index contributed by atoms with van der Waals surface area (Å²) in [5.41, 5.74) is 4.38. The van der Waals surface area contributed by atoms with E-state index in [2.05, 4.69) is 55.3 Å². The summed E-state index contributed by atoms with van der Waals surface area (Å²) in [5.74, 6) is 1.61. The van der Waals surface area contributed by atoms with Crippen LogP contribution < -0.4 is 5.32 Å². The number of ketones is 1. The third-order valence-corrected chi connectivity index (χ3v) is 6.08. The molecule has 0 aliphatic carbocycles. The van der Waals surface area contributed by atoms with E-state index in [0.29, 0.717) is 29.6 Å². The van der Waals surface area contributed by atoms with Gasteiger partial charge < -0.3 is 9.84 Å². The molecule has 0 saturated carbocycles. The standard InChI is InChI=1S/C24H27N3O2/c1-5-24(6-2)14-21(28)19-13-18(11-12-20(19)26-24)23-25-22(27-29-23)17-9-7-16(8-10-17)15(3)4/h7-13,15,26H,5-6,14H2,1-4H3. The molecule has 0 bridgehead atoms. The van der Waals surface area contributed by atoms with Gasteiger partial charge in [-0.05, 0) is 42.5 Å². The number of anilines is 1. The van der Waals surface area contributed by atoms with Crippen molar-refractivity contribution in [1.82, 2.24) is 10.1 Å². The van der Waals surface area contributed by atoms with Crippen LogP contribution in [0.5, 0.6) is 0 Å². The normalized spacial score (nSPS) is 15.3. The second kappa shape index (κ2) is 7.47. The molecule has 1 aliphatic rings. The minimum atomic E-state index is -0.147. The molecule has 150 valence electrons. The lowest BCUT2D eigenvalue weighted by Gasteiger charge is -2.38. The molecule has 3 aromatic rings. The van der Waals surface area contributed by atoms with Crippen LogP contribution in [0.15, 0.2) is 47.0 Å². The summed E-state index contributed by atoms with van der Waals surface area (Å²) in [5, 5.41) is 7.71. The SMILES string of the molecule is CCC1(CC)CC(=O)c2cc(-c3nc(-c4ccc(C(C)C)cc4)no3)ccc2N1. The van der Waals surface area contributed by atoms with Gasteiger partial charge in [0.25, 0.3) is 5.89 Å². The van der Waals surface area contributed by atoms with Crippen molar-refractivity contribution in [2.24, 2.45) is 0 Å². The number of nitrogens with one attached hydrogen (secondary N) is 1. The first-order chi connectivity index (χ1) is 13.9. The van der Waals surface area contributed by atoms with Crippen LogP contribution in [0.25, 0.3) is 22.8 Å². The zero-order valence-electron chi connectivity index (χ0n) is 17.5. The van der Waals surface area contributed by atoms with Crippen LogP contribution in [0.3, 0.4) is 0 Å². The number of nitrogens with zero attached hydrogens (tertiary/aromatic N) is 2. The third kappa shape index (κ3) is 3.57. The first-order valence-corrected chi connectivity index (χ1v) is 10.3.